The fourth-order valence-corrected chi connectivity index (χ4v) is 3.55. The van der Waals surface area contributed by atoms with Crippen LogP contribution in [-0.2, 0) is 16.6 Å². The van der Waals surface area contributed by atoms with Crippen molar-refractivity contribution >= 4 is 10.0 Å². The Labute approximate surface area is 97.1 Å². The molecule has 1 aliphatic heterocycles. The number of hydrogen-bond donors (Lipinski definition) is 0. The van der Waals surface area contributed by atoms with Crippen LogP contribution in [0.1, 0.15) is 25.8 Å². The first kappa shape index (κ1) is 11.6. The third-order valence-corrected chi connectivity index (χ3v) is 4.84. The minimum atomic E-state index is -3.21. The van der Waals surface area contributed by atoms with E-state index in [2.05, 4.69) is 13.8 Å². The van der Waals surface area contributed by atoms with E-state index in [0.717, 1.165) is 12.0 Å². The maximum absolute atomic E-state index is 12.1. The lowest BCUT2D eigenvalue weighted by atomic mass is 10.1. The van der Waals surface area contributed by atoms with Crippen molar-refractivity contribution in [3.05, 3.63) is 29.8 Å². The van der Waals surface area contributed by atoms with E-state index in [9.17, 15) is 8.42 Å². The third kappa shape index (κ3) is 1.99. The van der Waals surface area contributed by atoms with Crippen molar-refractivity contribution < 1.29 is 8.42 Å². The number of hydrogen-bond acceptors (Lipinski definition) is 2. The van der Waals surface area contributed by atoms with Crippen LogP contribution in [0.15, 0.2) is 29.2 Å². The van der Waals surface area contributed by atoms with E-state index in [4.69, 9.17) is 0 Å². The van der Waals surface area contributed by atoms with E-state index in [0.29, 0.717) is 23.9 Å². The van der Waals surface area contributed by atoms with Gasteiger partial charge in [-0.15, -0.1) is 0 Å². The highest BCUT2D eigenvalue weighted by Crippen LogP contribution is 2.30. The second-order valence-electron chi connectivity index (χ2n) is 4.63. The first-order chi connectivity index (χ1) is 7.51. The highest BCUT2D eigenvalue weighted by molar-refractivity contribution is 7.89. The van der Waals surface area contributed by atoms with Crippen molar-refractivity contribution in [3.63, 3.8) is 0 Å². The topological polar surface area (TPSA) is 37.4 Å². The molecule has 1 aromatic rings. The van der Waals surface area contributed by atoms with Gasteiger partial charge in [-0.25, -0.2) is 8.42 Å². The fraction of sp³-hybridized carbons (Fsp3) is 0.500. The van der Waals surface area contributed by atoms with Crippen LogP contribution in [0.5, 0.6) is 0 Å². The maximum Gasteiger partial charge on any atom is 0.243 e. The summed E-state index contributed by atoms with van der Waals surface area (Å²) < 4.78 is 25.8. The zero-order valence-electron chi connectivity index (χ0n) is 9.68. The minimum absolute atomic E-state index is 0.485. The van der Waals surface area contributed by atoms with Gasteiger partial charge in [0.1, 0.15) is 0 Å². The van der Waals surface area contributed by atoms with E-state index in [1.54, 1.807) is 16.4 Å². The number of benzene rings is 1. The molecule has 0 amide bonds. The Kier molecular flexibility index (Phi) is 3.04. The Morgan fingerprint density at radius 1 is 1.31 bits per heavy atom. The van der Waals surface area contributed by atoms with E-state index in [-0.39, 0.29) is 0 Å². The number of rotatable bonds is 3. The molecule has 0 saturated heterocycles. The standard InChI is InChI=1S/C12H17NO2S/c1-10(2)7-8-13-9-11-5-3-4-6-12(11)16(13,14)15/h3-6,10H,7-9H2,1-2H3. The van der Waals surface area contributed by atoms with Gasteiger partial charge in [0.05, 0.1) is 4.90 Å². The van der Waals surface area contributed by atoms with Crippen LogP contribution in [0.2, 0.25) is 0 Å². The Morgan fingerprint density at radius 3 is 2.62 bits per heavy atom. The van der Waals surface area contributed by atoms with Gasteiger partial charge in [0, 0.05) is 13.1 Å². The van der Waals surface area contributed by atoms with Gasteiger partial charge in [-0.3, -0.25) is 0 Å². The van der Waals surface area contributed by atoms with E-state index >= 15 is 0 Å². The van der Waals surface area contributed by atoms with Gasteiger partial charge >= 0.3 is 0 Å². The Bertz CT molecular complexity index is 480. The molecule has 0 spiro atoms. The SMILES string of the molecule is CC(C)CCN1Cc2ccccc2S1(=O)=O. The summed E-state index contributed by atoms with van der Waals surface area (Å²) in [6, 6.07) is 7.25. The molecule has 16 heavy (non-hydrogen) atoms. The van der Waals surface area contributed by atoms with Gasteiger partial charge in [-0.05, 0) is 24.0 Å². The number of nitrogens with zero attached hydrogens (tertiary/aromatic N) is 1. The zero-order chi connectivity index (χ0) is 11.8. The van der Waals surface area contributed by atoms with Crippen molar-refractivity contribution in [2.45, 2.75) is 31.7 Å². The summed E-state index contributed by atoms with van der Waals surface area (Å²) in [5.41, 5.74) is 0.922. The molecule has 4 heteroatoms. The Balaban J connectivity index is 2.23. The second kappa shape index (κ2) is 4.18. The molecular formula is C12H17NO2S. The quantitative estimate of drug-likeness (QED) is 0.811. The van der Waals surface area contributed by atoms with Gasteiger partial charge in [0.25, 0.3) is 0 Å². The summed E-state index contributed by atoms with van der Waals surface area (Å²) in [4.78, 5) is 0.485. The first-order valence-electron chi connectivity index (χ1n) is 5.60. The smallest absolute Gasteiger partial charge is 0.207 e. The average molecular weight is 239 g/mol. The Morgan fingerprint density at radius 2 is 2.00 bits per heavy atom. The molecule has 2 rings (SSSR count). The van der Waals surface area contributed by atoms with Gasteiger partial charge in [0.15, 0.2) is 0 Å². The molecule has 0 atom stereocenters. The van der Waals surface area contributed by atoms with E-state index < -0.39 is 10.0 Å². The third-order valence-electron chi connectivity index (χ3n) is 2.89. The first-order valence-corrected chi connectivity index (χ1v) is 7.04. The zero-order valence-corrected chi connectivity index (χ0v) is 10.5. The number of sulfonamides is 1. The highest BCUT2D eigenvalue weighted by Gasteiger charge is 2.33. The largest absolute Gasteiger partial charge is 0.243 e. The molecule has 1 aromatic carbocycles. The van der Waals surface area contributed by atoms with Crippen LogP contribution in [-0.4, -0.2) is 19.3 Å². The van der Waals surface area contributed by atoms with Crippen molar-refractivity contribution in [2.75, 3.05) is 6.54 Å². The van der Waals surface area contributed by atoms with Crippen LogP contribution < -0.4 is 0 Å². The molecule has 0 unspecified atom stereocenters. The van der Waals surface area contributed by atoms with Gasteiger partial charge in [-0.2, -0.15) is 4.31 Å². The van der Waals surface area contributed by atoms with Crippen LogP contribution in [0, 0.1) is 5.92 Å². The van der Waals surface area contributed by atoms with E-state index in [1.807, 2.05) is 12.1 Å². The normalized spacial score (nSPS) is 18.9. The molecule has 1 heterocycles. The van der Waals surface area contributed by atoms with Gasteiger partial charge < -0.3 is 0 Å². The highest BCUT2D eigenvalue weighted by atomic mass is 32.2. The summed E-state index contributed by atoms with van der Waals surface area (Å²) in [6.45, 7) is 5.37. The number of fused-ring (bicyclic) bond motifs is 1. The lowest BCUT2D eigenvalue weighted by molar-refractivity contribution is 0.389. The molecule has 0 saturated carbocycles. The summed E-state index contributed by atoms with van der Waals surface area (Å²) in [5, 5.41) is 0. The molecule has 0 aliphatic carbocycles. The molecule has 0 aromatic heterocycles. The lowest BCUT2D eigenvalue weighted by Crippen LogP contribution is -2.26. The summed E-state index contributed by atoms with van der Waals surface area (Å²) in [5.74, 6) is 0.527. The Hall–Kier alpha value is -0.870. The molecule has 1 aliphatic rings. The minimum Gasteiger partial charge on any atom is -0.207 e. The lowest BCUT2D eigenvalue weighted by Gasteiger charge is -2.15. The van der Waals surface area contributed by atoms with Crippen LogP contribution in [0.3, 0.4) is 0 Å². The predicted octanol–water partition coefficient (Wildman–Crippen LogP) is 2.24. The summed E-state index contributed by atoms with van der Waals surface area (Å²) in [7, 11) is -3.21. The van der Waals surface area contributed by atoms with Crippen LogP contribution in [0.25, 0.3) is 0 Å². The average Bonchev–Trinajstić information content (AvgIpc) is 2.48. The van der Waals surface area contributed by atoms with Crippen molar-refractivity contribution in [3.8, 4) is 0 Å². The molecule has 0 bridgehead atoms. The second-order valence-corrected chi connectivity index (χ2v) is 6.54. The van der Waals surface area contributed by atoms with E-state index in [1.165, 1.54) is 0 Å². The molecule has 88 valence electrons. The van der Waals surface area contributed by atoms with Crippen molar-refractivity contribution in [1.82, 2.24) is 4.31 Å². The van der Waals surface area contributed by atoms with Crippen molar-refractivity contribution in [2.24, 2.45) is 5.92 Å². The molecule has 0 radical (unpaired) electrons. The summed E-state index contributed by atoms with van der Waals surface area (Å²) in [6.07, 6.45) is 0.910. The van der Waals surface area contributed by atoms with Crippen LogP contribution >= 0.6 is 0 Å². The molecule has 3 nitrogen and oxygen atoms in total. The van der Waals surface area contributed by atoms with Crippen molar-refractivity contribution in [1.29, 1.82) is 0 Å². The maximum atomic E-state index is 12.1. The molecule has 0 fully saturated rings. The van der Waals surface area contributed by atoms with Gasteiger partial charge in [-0.1, -0.05) is 32.0 Å². The predicted molar refractivity (Wildman–Crippen MR) is 63.5 cm³/mol. The molecular weight excluding hydrogens is 222 g/mol. The monoisotopic (exact) mass is 239 g/mol. The van der Waals surface area contributed by atoms with Crippen LogP contribution in [0.4, 0.5) is 0 Å². The molecule has 0 N–H and O–H groups in total. The fourth-order valence-electron chi connectivity index (χ4n) is 1.90. The van der Waals surface area contributed by atoms with Gasteiger partial charge in [0.2, 0.25) is 10.0 Å². The summed E-state index contributed by atoms with van der Waals surface area (Å²) >= 11 is 0.